The molecule has 1 amide bonds. The van der Waals surface area contributed by atoms with E-state index in [4.69, 9.17) is 26.8 Å². The summed E-state index contributed by atoms with van der Waals surface area (Å²) in [6.07, 6.45) is 1.69. The number of rotatable bonds is 3. The Labute approximate surface area is 138 Å². The third-order valence-electron chi connectivity index (χ3n) is 3.60. The zero-order chi connectivity index (χ0) is 16.8. The molecule has 1 aromatic carbocycles. The van der Waals surface area contributed by atoms with Crippen molar-refractivity contribution in [3.8, 4) is 0 Å². The summed E-state index contributed by atoms with van der Waals surface area (Å²) in [5, 5.41) is 12.5. The van der Waals surface area contributed by atoms with E-state index in [0.29, 0.717) is 17.1 Å². The Morgan fingerprint density at radius 3 is 2.83 bits per heavy atom. The van der Waals surface area contributed by atoms with E-state index in [1.807, 2.05) is 0 Å². The molecule has 6 nitrogen and oxygen atoms in total. The van der Waals surface area contributed by atoms with Crippen LogP contribution in [0.15, 0.2) is 41.4 Å². The number of benzene rings is 1. The molecule has 0 aromatic heterocycles. The molecule has 3 rings (SSSR count). The molecular formula is C16H17ClN2O4. The third kappa shape index (κ3) is 2.75. The molecule has 1 aliphatic heterocycles. The molecule has 0 bridgehead atoms. The number of ether oxygens (including phenoxy) is 2. The van der Waals surface area contributed by atoms with Crippen molar-refractivity contribution in [2.24, 2.45) is 0 Å². The van der Waals surface area contributed by atoms with Crippen molar-refractivity contribution in [2.45, 2.75) is 25.7 Å². The van der Waals surface area contributed by atoms with Crippen LogP contribution in [0.1, 0.15) is 24.2 Å². The number of halogens is 1. The lowest BCUT2D eigenvalue weighted by atomic mass is 10.1. The summed E-state index contributed by atoms with van der Waals surface area (Å²) >= 11 is 6.06. The number of amides is 1. The largest absolute Gasteiger partial charge is 0.451 e. The maximum absolute atomic E-state index is 12.5. The highest BCUT2D eigenvalue weighted by Gasteiger charge is 2.42. The van der Waals surface area contributed by atoms with Gasteiger partial charge in [-0.3, -0.25) is 4.79 Å². The van der Waals surface area contributed by atoms with Crippen molar-refractivity contribution in [1.29, 1.82) is 0 Å². The van der Waals surface area contributed by atoms with Crippen molar-refractivity contribution in [3.63, 3.8) is 0 Å². The zero-order valence-corrected chi connectivity index (χ0v) is 13.5. The molecule has 4 N–H and O–H groups in total. The van der Waals surface area contributed by atoms with Crippen LogP contribution in [0.5, 0.6) is 0 Å². The van der Waals surface area contributed by atoms with Crippen LogP contribution in [0.3, 0.4) is 0 Å². The quantitative estimate of drug-likeness (QED) is 0.733. The van der Waals surface area contributed by atoms with Crippen LogP contribution < -0.4 is 11.1 Å². The molecule has 0 fully saturated rings. The van der Waals surface area contributed by atoms with E-state index >= 15 is 0 Å². The average Bonchev–Trinajstić information content (AvgIpc) is 2.93. The Balaban J connectivity index is 1.86. The Bertz CT molecular complexity index is 719. The molecule has 1 aromatic rings. The first-order valence-corrected chi connectivity index (χ1v) is 7.49. The van der Waals surface area contributed by atoms with Crippen LogP contribution in [-0.4, -0.2) is 29.4 Å². The van der Waals surface area contributed by atoms with Gasteiger partial charge in [0.15, 0.2) is 11.5 Å². The minimum absolute atomic E-state index is 0.209. The molecule has 0 radical (unpaired) electrons. The summed E-state index contributed by atoms with van der Waals surface area (Å²) in [6.45, 7) is 3.30. The summed E-state index contributed by atoms with van der Waals surface area (Å²) in [4.78, 5) is 12.5. The van der Waals surface area contributed by atoms with Gasteiger partial charge in [-0.05, 0) is 18.2 Å². The number of anilines is 1. The minimum atomic E-state index is -0.842. The van der Waals surface area contributed by atoms with Gasteiger partial charge in [-0.1, -0.05) is 17.7 Å². The number of aliphatic hydroxyl groups excluding tert-OH is 1. The van der Waals surface area contributed by atoms with E-state index in [9.17, 15) is 9.90 Å². The summed E-state index contributed by atoms with van der Waals surface area (Å²) in [7, 11) is 0. The predicted octanol–water partition coefficient (Wildman–Crippen LogP) is 1.95. The minimum Gasteiger partial charge on any atom is -0.451 e. The van der Waals surface area contributed by atoms with Gasteiger partial charge in [0.1, 0.15) is 6.04 Å². The monoisotopic (exact) mass is 336 g/mol. The highest BCUT2D eigenvalue weighted by atomic mass is 35.5. The first kappa shape index (κ1) is 15.7. The van der Waals surface area contributed by atoms with E-state index in [1.165, 1.54) is 0 Å². The zero-order valence-electron chi connectivity index (χ0n) is 12.7. The predicted molar refractivity (Wildman–Crippen MR) is 85.6 cm³/mol. The summed E-state index contributed by atoms with van der Waals surface area (Å²) < 4.78 is 11.4. The average molecular weight is 337 g/mol. The fraction of sp³-hybridized carbons (Fsp3) is 0.312. The highest BCUT2D eigenvalue weighted by molar-refractivity contribution is 6.34. The molecular weight excluding hydrogens is 320 g/mol. The number of carbonyl (C=O) groups excluding carboxylic acids is 1. The lowest BCUT2D eigenvalue weighted by molar-refractivity contribution is -0.124. The third-order valence-corrected chi connectivity index (χ3v) is 3.91. The summed E-state index contributed by atoms with van der Waals surface area (Å²) in [5.41, 5.74) is 6.90. The van der Waals surface area contributed by atoms with Crippen molar-refractivity contribution >= 4 is 23.2 Å². The van der Waals surface area contributed by atoms with Crippen LogP contribution in [0, 0.1) is 0 Å². The molecule has 2 aliphatic rings. The molecule has 23 heavy (non-hydrogen) atoms. The number of aliphatic hydroxyl groups is 1. The summed E-state index contributed by atoms with van der Waals surface area (Å²) in [5.74, 6) is -0.326. The van der Waals surface area contributed by atoms with Crippen LogP contribution in [0.4, 0.5) is 5.69 Å². The second kappa shape index (κ2) is 5.47. The van der Waals surface area contributed by atoms with Gasteiger partial charge in [0.2, 0.25) is 5.79 Å². The first-order chi connectivity index (χ1) is 10.8. The molecule has 1 aliphatic carbocycles. The normalized spacial score (nSPS) is 21.4. The van der Waals surface area contributed by atoms with Gasteiger partial charge < -0.3 is 25.6 Å². The van der Waals surface area contributed by atoms with Gasteiger partial charge in [-0.25, -0.2) is 0 Å². The maximum atomic E-state index is 12.5. The highest BCUT2D eigenvalue weighted by Crippen LogP contribution is 2.40. The number of nitrogens with two attached hydrogens (primary N) is 1. The molecule has 0 saturated carbocycles. The Morgan fingerprint density at radius 1 is 1.43 bits per heavy atom. The van der Waals surface area contributed by atoms with Crippen molar-refractivity contribution in [3.05, 3.63) is 52.0 Å². The molecule has 0 unspecified atom stereocenters. The second-order valence-electron chi connectivity index (χ2n) is 5.80. The molecule has 122 valence electrons. The van der Waals surface area contributed by atoms with Gasteiger partial charge in [0.25, 0.3) is 5.91 Å². The molecule has 1 heterocycles. The van der Waals surface area contributed by atoms with Crippen LogP contribution in [0.25, 0.3) is 0 Å². The lowest BCUT2D eigenvalue weighted by Gasteiger charge is -2.23. The Hall–Kier alpha value is -2.18. The van der Waals surface area contributed by atoms with Crippen LogP contribution in [0.2, 0.25) is 5.02 Å². The van der Waals surface area contributed by atoms with Gasteiger partial charge in [0, 0.05) is 25.1 Å². The van der Waals surface area contributed by atoms with Gasteiger partial charge in [-0.15, -0.1) is 0 Å². The van der Waals surface area contributed by atoms with E-state index in [1.54, 1.807) is 38.1 Å². The van der Waals surface area contributed by atoms with Crippen LogP contribution in [-0.2, 0) is 9.47 Å². The number of nitrogens with one attached hydrogen (secondary N) is 1. The Kier molecular flexibility index (Phi) is 3.74. The topological polar surface area (TPSA) is 93.8 Å². The summed E-state index contributed by atoms with van der Waals surface area (Å²) in [6, 6.07) is 4.33. The molecule has 1 atom stereocenters. The van der Waals surface area contributed by atoms with Gasteiger partial charge >= 0.3 is 0 Å². The smallest absolute Gasteiger partial charge is 0.255 e. The van der Waals surface area contributed by atoms with E-state index in [2.05, 4.69) is 5.32 Å². The van der Waals surface area contributed by atoms with Crippen molar-refractivity contribution < 1.29 is 19.4 Å². The number of carbonyl (C=O) groups is 1. The van der Waals surface area contributed by atoms with Gasteiger partial charge in [-0.2, -0.15) is 0 Å². The standard InChI is InChI=1S/C16H17ClN2O4/c1-16(2)22-13-8(7-20)6-11(14(13)23-16)19-15(21)12-9(17)4-3-5-10(12)18/h3-6,11,20H,7,18H2,1-2H3,(H,19,21)/t11-/m1/s1. The number of nitrogen functional groups attached to an aromatic ring is 1. The van der Waals surface area contributed by atoms with E-state index in [0.717, 1.165) is 0 Å². The van der Waals surface area contributed by atoms with Gasteiger partial charge in [0.05, 0.1) is 17.2 Å². The second-order valence-corrected chi connectivity index (χ2v) is 6.21. The van der Waals surface area contributed by atoms with E-state index in [-0.39, 0.29) is 22.9 Å². The van der Waals surface area contributed by atoms with Crippen molar-refractivity contribution in [2.75, 3.05) is 12.3 Å². The van der Waals surface area contributed by atoms with Crippen molar-refractivity contribution in [1.82, 2.24) is 5.32 Å². The molecule has 0 saturated heterocycles. The number of hydrogen-bond acceptors (Lipinski definition) is 5. The SMILES string of the molecule is CC1(C)OC2=C(O1)[C@H](NC(=O)c1c(N)cccc1Cl)C=C2CO. The molecule has 0 spiro atoms. The Morgan fingerprint density at radius 2 is 2.17 bits per heavy atom. The van der Waals surface area contributed by atoms with E-state index < -0.39 is 17.7 Å². The maximum Gasteiger partial charge on any atom is 0.255 e. The first-order valence-electron chi connectivity index (χ1n) is 7.11. The van der Waals surface area contributed by atoms with Crippen LogP contribution >= 0.6 is 11.6 Å². The molecule has 7 heteroatoms. The lowest BCUT2D eigenvalue weighted by Crippen LogP contribution is -2.36. The number of hydrogen-bond donors (Lipinski definition) is 3. The fourth-order valence-corrected chi connectivity index (χ4v) is 2.90. The fourth-order valence-electron chi connectivity index (χ4n) is 2.63.